The molecule has 2 aliphatic carbocycles. The second-order valence-corrected chi connectivity index (χ2v) is 7.08. The van der Waals surface area contributed by atoms with Crippen LogP contribution in [0.1, 0.15) is 37.7 Å². The summed E-state index contributed by atoms with van der Waals surface area (Å²) >= 11 is 6.05. The highest BCUT2D eigenvalue weighted by molar-refractivity contribution is 6.29. The van der Waals surface area contributed by atoms with E-state index in [-0.39, 0.29) is 11.3 Å². The second-order valence-electron chi connectivity index (χ2n) is 6.60. The number of carbonyl (C=O) groups excluding carboxylic acids is 1. The van der Waals surface area contributed by atoms with Gasteiger partial charge in [-0.3, -0.25) is 4.79 Å². The molecule has 0 saturated heterocycles. The number of methoxy groups -OCH3 is 1. The molecule has 4 heteroatoms. The van der Waals surface area contributed by atoms with Crippen LogP contribution in [0, 0.1) is 5.41 Å². The number of allylic oxidation sites excluding steroid dienone is 3. The molecular weight excluding hydrogens is 322 g/mol. The fourth-order valence-electron chi connectivity index (χ4n) is 3.52. The van der Waals surface area contributed by atoms with Crippen LogP contribution in [-0.2, 0) is 11.2 Å². The highest BCUT2D eigenvalue weighted by Gasteiger charge is 2.46. The third kappa shape index (κ3) is 3.51. The molecule has 3 rings (SSSR count). The summed E-state index contributed by atoms with van der Waals surface area (Å²) in [4.78, 5) is 12.8. The number of amides is 1. The minimum absolute atomic E-state index is 0.180. The fraction of sp³-hybridized carbons (Fsp3) is 0.450. The Hall–Kier alpha value is -1.74. The molecule has 0 aliphatic heterocycles. The van der Waals surface area contributed by atoms with Crippen molar-refractivity contribution in [2.75, 3.05) is 13.7 Å². The first-order chi connectivity index (χ1) is 11.6. The Balaban J connectivity index is 1.57. The molecule has 0 radical (unpaired) electrons. The molecule has 0 spiro atoms. The summed E-state index contributed by atoms with van der Waals surface area (Å²) in [5.41, 5.74) is 2.17. The third-order valence-corrected chi connectivity index (χ3v) is 5.53. The smallest absolute Gasteiger partial charge is 0.230 e. The number of hydrogen-bond donors (Lipinski definition) is 1. The van der Waals surface area contributed by atoms with Crippen molar-refractivity contribution < 1.29 is 9.53 Å². The molecule has 0 heterocycles. The van der Waals surface area contributed by atoms with Gasteiger partial charge in [0.25, 0.3) is 0 Å². The van der Waals surface area contributed by atoms with E-state index in [1.807, 2.05) is 30.3 Å². The Labute approximate surface area is 148 Å². The molecular formula is C20H24ClNO2. The van der Waals surface area contributed by atoms with Crippen LogP contribution in [0.25, 0.3) is 0 Å². The van der Waals surface area contributed by atoms with Crippen molar-refractivity contribution in [1.29, 1.82) is 0 Å². The van der Waals surface area contributed by atoms with Gasteiger partial charge < -0.3 is 10.1 Å². The Morgan fingerprint density at radius 1 is 1.21 bits per heavy atom. The summed E-state index contributed by atoms with van der Waals surface area (Å²) in [7, 11) is 1.66. The lowest BCUT2D eigenvalue weighted by atomic mass is 9.61. The van der Waals surface area contributed by atoms with E-state index >= 15 is 0 Å². The SMILES string of the molecule is COc1ccc(CCNC(=O)C2(C3=CC=C(Cl)CC3)CCC2)cc1. The Kier molecular flexibility index (Phi) is 5.30. The van der Waals surface area contributed by atoms with E-state index in [0.29, 0.717) is 6.54 Å². The van der Waals surface area contributed by atoms with Crippen molar-refractivity contribution in [3.05, 3.63) is 52.6 Å². The first-order valence-electron chi connectivity index (χ1n) is 8.61. The highest BCUT2D eigenvalue weighted by Crippen LogP contribution is 2.50. The van der Waals surface area contributed by atoms with Crippen LogP contribution in [0.4, 0.5) is 0 Å². The van der Waals surface area contributed by atoms with E-state index < -0.39 is 0 Å². The molecule has 1 saturated carbocycles. The molecule has 0 atom stereocenters. The average Bonchev–Trinajstić information content (AvgIpc) is 2.56. The molecule has 2 aliphatic rings. The second kappa shape index (κ2) is 7.43. The van der Waals surface area contributed by atoms with Crippen LogP contribution < -0.4 is 10.1 Å². The van der Waals surface area contributed by atoms with Gasteiger partial charge in [-0.15, -0.1) is 0 Å². The number of benzene rings is 1. The molecule has 0 bridgehead atoms. The molecule has 1 N–H and O–H groups in total. The van der Waals surface area contributed by atoms with Crippen LogP contribution in [-0.4, -0.2) is 19.6 Å². The van der Waals surface area contributed by atoms with Crippen LogP contribution in [0.2, 0.25) is 0 Å². The quantitative estimate of drug-likeness (QED) is 0.831. The van der Waals surface area contributed by atoms with Gasteiger partial charge in [-0.05, 0) is 55.9 Å². The van der Waals surface area contributed by atoms with Gasteiger partial charge in [-0.2, -0.15) is 0 Å². The molecule has 128 valence electrons. The number of nitrogens with one attached hydrogen (secondary N) is 1. The van der Waals surface area contributed by atoms with E-state index in [0.717, 1.165) is 49.3 Å². The summed E-state index contributed by atoms with van der Waals surface area (Å²) in [5.74, 6) is 1.03. The van der Waals surface area contributed by atoms with Crippen LogP contribution in [0.3, 0.4) is 0 Å². The minimum Gasteiger partial charge on any atom is -0.497 e. The largest absolute Gasteiger partial charge is 0.497 e. The molecule has 1 fully saturated rings. The predicted octanol–water partition coefficient (Wildman–Crippen LogP) is 4.37. The highest BCUT2D eigenvalue weighted by atomic mass is 35.5. The fourth-order valence-corrected chi connectivity index (χ4v) is 3.67. The first-order valence-corrected chi connectivity index (χ1v) is 8.99. The summed E-state index contributed by atoms with van der Waals surface area (Å²) < 4.78 is 5.16. The molecule has 0 aromatic heterocycles. The molecule has 3 nitrogen and oxygen atoms in total. The van der Waals surface area contributed by atoms with Crippen molar-refractivity contribution in [1.82, 2.24) is 5.32 Å². The standard InChI is InChI=1S/C20H24ClNO2/c1-24-18-9-3-15(4-10-18)11-14-22-19(23)20(12-2-13-20)16-5-7-17(21)8-6-16/h3-5,7,9-10H,2,6,8,11-14H2,1H3,(H,22,23). The lowest BCUT2D eigenvalue weighted by Crippen LogP contribution is -2.47. The van der Waals surface area contributed by atoms with Crippen LogP contribution in [0.15, 0.2) is 47.0 Å². The lowest BCUT2D eigenvalue weighted by Gasteiger charge is -2.43. The summed E-state index contributed by atoms with van der Waals surface area (Å²) in [6, 6.07) is 7.99. The monoisotopic (exact) mass is 345 g/mol. The first kappa shape index (κ1) is 17.1. The zero-order valence-corrected chi connectivity index (χ0v) is 14.9. The summed E-state index contributed by atoms with van der Waals surface area (Å²) in [6.45, 7) is 0.663. The molecule has 24 heavy (non-hydrogen) atoms. The van der Waals surface area contributed by atoms with Crippen molar-refractivity contribution in [2.45, 2.75) is 38.5 Å². The van der Waals surface area contributed by atoms with E-state index in [1.54, 1.807) is 7.11 Å². The van der Waals surface area contributed by atoms with Gasteiger partial charge in [0, 0.05) is 11.6 Å². The molecule has 1 aromatic rings. The van der Waals surface area contributed by atoms with Crippen molar-refractivity contribution in [3.63, 3.8) is 0 Å². The number of hydrogen-bond acceptors (Lipinski definition) is 2. The summed E-state index contributed by atoms with van der Waals surface area (Å²) in [5, 5.41) is 4.03. The molecule has 1 amide bonds. The van der Waals surface area contributed by atoms with E-state index in [1.165, 1.54) is 11.1 Å². The van der Waals surface area contributed by atoms with Gasteiger partial charge in [0.15, 0.2) is 0 Å². The normalized spacial score (nSPS) is 18.9. The van der Waals surface area contributed by atoms with Gasteiger partial charge >= 0.3 is 0 Å². The molecule has 0 unspecified atom stereocenters. The number of carbonyl (C=O) groups is 1. The van der Waals surface area contributed by atoms with Gasteiger partial charge in [0.1, 0.15) is 5.75 Å². The number of rotatable bonds is 6. The van der Waals surface area contributed by atoms with Gasteiger partial charge in [0.2, 0.25) is 5.91 Å². The van der Waals surface area contributed by atoms with Gasteiger partial charge in [-0.25, -0.2) is 0 Å². The maximum atomic E-state index is 12.8. The zero-order valence-electron chi connectivity index (χ0n) is 14.1. The zero-order chi connectivity index (χ0) is 17.0. The lowest BCUT2D eigenvalue weighted by molar-refractivity contribution is -0.133. The topological polar surface area (TPSA) is 38.3 Å². The summed E-state index contributed by atoms with van der Waals surface area (Å²) in [6.07, 6.45) is 9.64. The van der Waals surface area contributed by atoms with Crippen LogP contribution in [0.5, 0.6) is 5.75 Å². The van der Waals surface area contributed by atoms with Crippen molar-refractivity contribution >= 4 is 17.5 Å². The minimum atomic E-state index is -0.284. The van der Waals surface area contributed by atoms with Gasteiger partial charge in [0.05, 0.1) is 12.5 Å². The number of halogens is 1. The maximum absolute atomic E-state index is 12.8. The van der Waals surface area contributed by atoms with Crippen molar-refractivity contribution in [2.24, 2.45) is 5.41 Å². The average molecular weight is 346 g/mol. The third-order valence-electron chi connectivity index (χ3n) is 5.21. The number of ether oxygens (including phenoxy) is 1. The molecule has 1 aromatic carbocycles. The Bertz CT molecular complexity index is 657. The Morgan fingerprint density at radius 2 is 1.96 bits per heavy atom. The Morgan fingerprint density at radius 3 is 2.50 bits per heavy atom. The van der Waals surface area contributed by atoms with Crippen molar-refractivity contribution in [3.8, 4) is 5.75 Å². The van der Waals surface area contributed by atoms with Gasteiger partial charge in [-0.1, -0.05) is 41.8 Å². The van der Waals surface area contributed by atoms with E-state index in [4.69, 9.17) is 16.3 Å². The van der Waals surface area contributed by atoms with Crippen LogP contribution >= 0.6 is 11.6 Å². The predicted molar refractivity (Wildman–Crippen MR) is 97.2 cm³/mol. The van der Waals surface area contributed by atoms with E-state index in [9.17, 15) is 4.79 Å². The maximum Gasteiger partial charge on any atom is 0.230 e. The van der Waals surface area contributed by atoms with E-state index in [2.05, 4.69) is 11.4 Å².